The van der Waals surface area contributed by atoms with E-state index in [0.717, 1.165) is 5.56 Å². The zero-order valence-electron chi connectivity index (χ0n) is 9.80. The van der Waals surface area contributed by atoms with E-state index in [9.17, 15) is 9.90 Å². The minimum atomic E-state index is -0.687. The molecule has 0 heterocycles. The van der Waals surface area contributed by atoms with Gasteiger partial charge in [0.05, 0.1) is 12.6 Å². The predicted octanol–water partition coefficient (Wildman–Crippen LogP) is -0.190. The molecule has 0 aliphatic heterocycles. The lowest BCUT2D eigenvalue weighted by atomic mass is 10.1. The number of amides is 1. The molecule has 0 aliphatic carbocycles. The van der Waals surface area contributed by atoms with Crippen LogP contribution in [0.1, 0.15) is 11.6 Å². The van der Waals surface area contributed by atoms with Crippen LogP contribution in [0.15, 0.2) is 30.3 Å². The van der Waals surface area contributed by atoms with Gasteiger partial charge in [-0.3, -0.25) is 4.79 Å². The molecule has 17 heavy (non-hydrogen) atoms. The standard InChI is InChI=1S/C12H18N2O3/c1-17-11(7-13)12(16)14-10(8-15)9-5-3-2-4-6-9/h2-6,10-11,15H,7-8,13H2,1H3,(H,14,16). The molecular formula is C12H18N2O3. The Kier molecular flexibility index (Phi) is 5.62. The number of aliphatic hydroxyl groups excluding tert-OH is 1. The third-order valence-corrected chi connectivity index (χ3v) is 2.49. The van der Waals surface area contributed by atoms with Crippen molar-refractivity contribution in [2.45, 2.75) is 12.1 Å². The van der Waals surface area contributed by atoms with Crippen LogP contribution in [0.4, 0.5) is 0 Å². The summed E-state index contributed by atoms with van der Waals surface area (Å²) in [5.74, 6) is -0.321. The first-order chi connectivity index (χ1) is 8.22. The third-order valence-electron chi connectivity index (χ3n) is 2.49. The molecule has 1 aromatic carbocycles. The van der Waals surface area contributed by atoms with Gasteiger partial charge in [-0.1, -0.05) is 30.3 Å². The van der Waals surface area contributed by atoms with Crippen molar-refractivity contribution in [2.24, 2.45) is 5.73 Å². The van der Waals surface area contributed by atoms with Gasteiger partial charge in [0.1, 0.15) is 6.10 Å². The lowest BCUT2D eigenvalue weighted by molar-refractivity contribution is -0.131. The van der Waals surface area contributed by atoms with E-state index in [1.807, 2.05) is 30.3 Å². The molecule has 0 saturated heterocycles. The van der Waals surface area contributed by atoms with E-state index in [2.05, 4.69) is 5.32 Å². The van der Waals surface area contributed by atoms with Crippen LogP contribution in [0.2, 0.25) is 0 Å². The van der Waals surface area contributed by atoms with Gasteiger partial charge in [0, 0.05) is 13.7 Å². The summed E-state index contributed by atoms with van der Waals surface area (Å²) in [5, 5.41) is 12.0. The number of hydrogen-bond donors (Lipinski definition) is 3. The molecule has 4 N–H and O–H groups in total. The highest BCUT2D eigenvalue weighted by molar-refractivity contribution is 5.81. The van der Waals surface area contributed by atoms with E-state index in [-0.39, 0.29) is 19.1 Å². The van der Waals surface area contributed by atoms with E-state index in [1.54, 1.807) is 0 Å². The number of nitrogens with two attached hydrogens (primary N) is 1. The van der Waals surface area contributed by atoms with Gasteiger partial charge in [0.2, 0.25) is 0 Å². The number of aliphatic hydroxyl groups is 1. The van der Waals surface area contributed by atoms with Crippen molar-refractivity contribution >= 4 is 5.91 Å². The van der Waals surface area contributed by atoms with Crippen molar-refractivity contribution < 1.29 is 14.6 Å². The van der Waals surface area contributed by atoms with Crippen LogP contribution in [0.3, 0.4) is 0 Å². The first kappa shape index (κ1) is 13.6. The highest BCUT2D eigenvalue weighted by Crippen LogP contribution is 2.11. The number of benzene rings is 1. The number of carbonyl (C=O) groups is 1. The summed E-state index contributed by atoms with van der Waals surface area (Å²) < 4.78 is 4.92. The Morgan fingerprint density at radius 3 is 2.59 bits per heavy atom. The quantitative estimate of drug-likeness (QED) is 0.641. The summed E-state index contributed by atoms with van der Waals surface area (Å²) >= 11 is 0. The second-order valence-electron chi connectivity index (χ2n) is 3.61. The number of hydrogen-bond acceptors (Lipinski definition) is 4. The van der Waals surface area contributed by atoms with Gasteiger partial charge in [-0.15, -0.1) is 0 Å². The Bertz CT molecular complexity index is 339. The molecule has 0 fully saturated rings. The van der Waals surface area contributed by atoms with Gasteiger partial charge in [0.15, 0.2) is 0 Å². The Hall–Kier alpha value is -1.43. The Balaban J connectivity index is 2.68. The van der Waals surface area contributed by atoms with Crippen LogP contribution in [-0.2, 0) is 9.53 Å². The van der Waals surface area contributed by atoms with Gasteiger partial charge in [-0.2, -0.15) is 0 Å². The summed E-state index contributed by atoms with van der Waals surface area (Å²) in [4.78, 5) is 11.7. The summed E-state index contributed by atoms with van der Waals surface area (Å²) in [6.45, 7) is -0.0635. The number of methoxy groups -OCH3 is 1. The van der Waals surface area contributed by atoms with Gasteiger partial charge < -0.3 is 20.9 Å². The monoisotopic (exact) mass is 238 g/mol. The Labute approximate surface area is 101 Å². The fourth-order valence-corrected chi connectivity index (χ4v) is 1.49. The lowest BCUT2D eigenvalue weighted by Gasteiger charge is -2.20. The van der Waals surface area contributed by atoms with Crippen LogP contribution in [0.25, 0.3) is 0 Å². The predicted molar refractivity (Wildman–Crippen MR) is 64.3 cm³/mol. The molecule has 0 bridgehead atoms. The van der Waals surface area contributed by atoms with E-state index in [4.69, 9.17) is 10.5 Å². The summed E-state index contributed by atoms with van der Waals surface area (Å²) in [5.41, 5.74) is 6.23. The summed E-state index contributed by atoms with van der Waals surface area (Å²) in [7, 11) is 1.42. The first-order valence-corrected chi connectivity index (χ1v) is 5.42. The highest BCUT2D eigenvalue weighted by atomic mass is 16.5. The third kappa shape index (κ3) is 3.81. The van der Waals surface area contributed by atoms with E-state index >= 15 is 0 Å². The SMILES string of the molecule is COC(CN)C(=O)NC(CO)c1ccccc1. The smallest absolute Gasteiger partial charge is 0.251 e. The maximum absolute atomic E-state index is 11.7. The molecular weight excluding hydrogens is 220 g/mol. The fraction of sp³-hybridized carbons (Fsp3) is 0.417. The molecule has 1 aromatic rings. The van der Waals surface area contributed by atoms with Crippen molar-refractivity contribution in [3.63, 3.8) is 0 Å². The maximum Gasteiger partial charge on any atom is 0.251 e. The van der Waals surface area contributed by atoms with Crippen LogP contribution >= 0.6 is 0 Å². The first-order valence-electron chi connectivity index (χ1n) is 5.42. The molecule has 2 unspecified atom stereocenters. The molecule has 94 valence electrons. The molecule has 5 heteroatoms. The average Bonchev–Trinajstić information content (AvgIpc) is 2.38. The van der Waals surface area contributed by atoms with Gasteiger partial charge in [-0.05, 0) is 5.56 Å². The summed E-state index contributed by atoms with van der Waals surface area (Å²) in [6.07, 6.45) is -0.687. The van der Waals surface area contributed by atoms with Gasteiger partial charge in [-0.25, -0.2) is 0 Å². The van der Waals surface area contributed by atoms with Crippen molar-refractivity contribution in [3.8, 4) is 0 Å². The molecule has 2 atom stereocenters. The number of ether oxygens (including phenoxy) is 1. The number of nitrogens with one attached hydrogen (secondary N) is 1. The van der Waals surface area contributed by atoms with Crippen LogP contribution in [0, 0.1) is 0 Å². The fourth-order valence-electron chi connectivity index (χ4n) is 1.49. The van der Waals surface area contributed by atoms with E-state index < -0.39 is 12.1 Å². The maximum atomic E-state index is 11.7. The number of rotatable bonds is 6. The molecule has 0 aromatic heterocycles. The topological polar surface area (TPSA) is 84.6 Å². The van der Waals surface area contributed by atoms with Crippen LogP contribution < -0.4 is 11.1 Å². The van der Waals surface area contributed by atoms with Gasteiger partial charge >= 0.3 is 0 Å². The minimum absolute atomic E-state index is 0.106. The zero-order valence-corrected chi connectivity index (χ0v) is 9.80. The van der Waals surface area contributed by atoms with Crippen molar-refractivity contribution in [3.05, 3.63) is 35.9 Å². The second kappa shape index (κ2) is 7.01. The largest absolute Gasteiger partial charge is 0.394 e. The normalized spacial score (nSPS) is 14.1. The molecule has 1 amide bonds. The Morgan fingerprint density at radius 2 is 2.12 bits per heavy atom. The molecule has 0 spiro atoms. The number of carbonyl (C=O) groups excluding carboxylic acids is 1. The molecule has 0 saturated carbocycles. The molecule has 0 aliphatic rings. The van der Waals surface area contributed by atoms with Gasteiger partial charge in [0.25, 0.3) is 5.91 Å². The minimum Gasteiger partial charge on any atom is -0.394 e. The van der Waals surface area contributed by atoms with Crippen molar-refractivity contribution in [1.29, 1.82) is 0 Å². The molecule has 5 nitrogen and oxygen atoms in total. The van der Waals surface area contributed by atoms with Crippen molar-refractivity contribution in [1.82, 2.24) is 5.32 Å². The molecule has 1 rings (SSSR count). The van der Waals surface area contributed by atoms with Crippen molar-refractivity contribution in [2.75, 3.05) is 20.3 Å². The van der Waals surface area contributed by atoms with E-state index in [0.29, 0.717) is 0 Å². The average molecular weight is 238 g/mol. The Morgan fingerprint density at radius 1 is 1.47 bits per heavy atom. The van der Waals surface area contributed by atoms with Crippen LogP contribution in [0.5, 0.6) is 0 Å². The molecule has 0 radical (unpaired) electrons. The van der Waals surface area contributed by atoms with Crippen LogP contribution in [-0.4, -0.2) is 37.4 Å². The van der Waals surface area contributed by atoms with E-state index in [1.165, 1.54) is 7.11 Å². The lowest BCUT2D eigenvalue weighted by Crippen LogP contribution is -2.43. The summed E-state index contributed by atoms with van der Waals surface area (Å²) in [6, 6.07) is 8.81. The second-order valence-corrected chi connectivity index (χ2v) is 3.61. The highest BCUT2D eigenvalue weighted by Gasteiger charge is 2.20. The zero-order chi connectivity index (χ0) is 12.7.